The average Bonchev–Trinajstić information content (AvgIpc) is 3.03. The number of fused-ring (bicyclic) bond motifs is 1. The smallest absolute Gasteiger partial charge is 0.355 e. The Bertz CT molecular complexity index is 1240. The van der Waals surface area contributed by atoms with E-state index in [2.05, 4.69) is 10.4 Å². The van der Waals surface area contributed by atoms with Gasteiger partial charge >= 0.3 is 11.9 Å². The molecule has 0 saturated heterocycles. The zero-order chi connectivity index (χ0) is 21.3. The maximum atomic E-state index is 12.8. The number of nitrogens with two attached hydrogens (primary N) is 1. The molecule has 0 aliphatic heterocycles. The SMILES string of the molecule is NCCn1nc2ccc(-c3ccccc3Nc3ccc(C(F)(F)F)cc3)cn2c1=O. The van der Waals surface area contributed by atoms with Crippen molar-refractivity contribution in [2.45, 2.75) is 12.7 Å². The molecule has 2 aromatic carbocycles. The Morgan fingerprint density at radius 2 is 1.73 bits per heavy atom. The van der Waals surface area contributed by atoms with Crippen molar-refractivity contribution in [2.24, 2.45) is 5.73 Å². The van der Waals surface area contributed by atoms with Crippen LogP contribution in [0.1, 0.15) is 5.56 Å². The van der Waals surface area contributed by atoms with Gasteiger partial charge in [-0.25, -0.2) is 13.9 Å². The lowest BCUT2D eigenvalue weighted by Crippen LogP contribution is -2.24. The van der Waals surface area contributed by atoms with Crippen molar-refractivity contribution in [3.8, 4) is 11.1 Å². The fourth-order valence-electron chi connectivity index (χ4n) is 3.19. The first-order chi connectivity index (χ1) is 14.4. The summed E-state index contributed by atoms with van der Waals surface area (Å²) in [6, 6.07) is 15.7. The zero-order valence-corrected chi connectivity index (χ0v) is 15.7. The lowest BCUT2D eigenvalue weighted by Gasteiger charge is -2.13. The minimum absolute atomic E-state index is 0.287. The van der Waals surface area contributed by atoms with Gasteiger partial charge in [-0.05, 0) is 42.5 Å². The molecule has 0 fully saturated rings. The van der Waals surface area contributed by atoms with Crippen LogP contribution in [0.15, 0.2) is 71.7 Å². The van der Waals surface area contributed by atoms with E-state index in [0.29, 0.717) is 30.1 Å². The predicted molar refractivity (Wildman–Crippen MR) is 109 cm³/mol. The van der Waals surface area contributed by atoms with E-state index in [9.17, 15) is 18.0 Å². The number of aromatic nitrogens is 3. The number of hydrogen-bond donors (Lipinski definition) is 2. The normalized spacial score (nSPS) is 11.7. The van der Waals surface area contributed by atoms with Gasteiger partial charge in [0.1, 0.15) is 0 Å². The zero-order valence-electron chi connectivity index (χ0n) is 15.7. The van der Waals surface area contributed by atoms with Crippen molar-refractivity contribution in [2.75, 3.05) is 11.9 Å². The molecule has 3 N–H and O–H groups in total. The number of pyridine rings is 1. The average molecular weight is 413 g/mol. The molecule has 0 saturated carbocycles. The van der Waals surface area contributed by atoms with E-state index < -0.39 is 11.7 Å². The van der Waals surface area contributed by atoms with Crippen molar-refractivity contribution < 1.29 is 13.2 Å². The Hall–Kier alpha value is -3.59. The van der Waals surface area contributed by atoms with E-state index in [4.69, 9.17) is 5.73 Å². The Kier molecular flexibility index (Phi) is 5.04. The second kappa shape index (κ2) is 7.68. The number of nitrogens with zero attached hydrogens (tertiary/aromatic N) is 3. The molecule has 2 heterocycles. The van der Waals surface area contributed by atoms with E-state index in [1.54, 1.807) is 12.3 Å². The summed E-state index contributed by atoms with van der Waals surface area (Å²) in [7, 11) is 0. The van der Waals surface area contributed by atoms with Gasteiger partial charge in [-0.3, -0.25) is 0 Å². The van der Waals surface area contributed by atoms with E-state index in [1.807, 2.05) is 30.3 Å². The highest BCUT2D eigenvalue weighted by molar-refractivity contribution is 5.81. The van der Waals surface area contributed by atoms with Gasteiger partial charge in [0, 0.05) is 35.2 Å². The number of hydrogen-bond acceptors (Lipinski definition) is 4. The van der Waals surface area contributed by atoms with Crippen LogP contribution < -0.4 is 16.7 Å². The number of benzene rings is 2. The molecule has 0 radical (unpaired) electrons. The molecule has 0 atom stereocenters. The maximum absolute atomic E-state index is 12.8. The first-order valence-corrected chi connectivity index (χ1v) is 9.20. The van der Waals surface area contributed by atoms with E-state index in [1.165, 1.54) is 21.2 Å². The monoisotopic (exact) mass is 413 g/mol. The van der Waals surface area contributed by atoms with Gasteiger partial charge in [0.05, 0.1) is 12.1 Å². The van der Waals surface area contributed by atoms with Crippen LogP contribution in [0.2, 0.25) is 0 Å². The highest BCUT2D eigenvalue weighted by Gasteiger charge is 2.29. The van der Waals surface area contributed by atoms with Crippen LogP contribution in [-0.4, -0.2) is 20.7 Å². The number of alkyl halides is 3. The number of rotatable bonds is 5. The lowest BCUT2D eigenvalue weighted by molar-refractivity contribution is -0.137. The summed E-state index contributed by atoms with van der Waals surface area (Å²) in [6.07, 6.45) is -2.70. The predicted octanol–water partition coefficient (Wildman–Crippen LogP) is 3.88. The molecule has 2 aromatic heterocycles. The van der Waals surface area contributed by atoms with Gasteiger partial charge in [0.25, 0.3) is 0 Å². The summed E-state index contributed by atoms with van der Waals surface area (Å²) in [5, 5.41) is 7.38. The Labute approximate surface area is 169 Å². The first-order valence-electron chi connectivity index (χ1n) is 9.20. The van der Waals surface area contributed by atoms with Gasteiger partial charge in [-0.15, -0.1) is 5.10 Å². The second-order valence-corrected chi connectivity index (χ2v) is 6.69. The topological polar surface area (TPSA) is 77.3 Å². The van der Waals surface area contributed by atoms with Crippen molar-refractivity contribution in [1.29, 1.82) is 0 Å². The standard InChI is InChI=1S/C21H18F3N5O/c22-21(23,24)15-6-8-16(9-7-15)26-18-4-2-1-3-17(18)14-5-10-19-27-29(12-11-25)20(30)28(19)13-14/h1-10,13,26H,11-12,25H2. The summed E-state index contributed by atoms with van der Waals surface area (Å²) < 4.78 is 41.1. The van der Waals surface area contributed by atoms with E-state index in [0.717, 1.165) is 23.3 Å². The van der Waals surface area contributed by atoms with Gasteiger partial charge < -0.3 is 11.1 Å². The minimum Gasteiger partial charge on any atom is -0.355 e. The molecule has 154 valence electrons. The molecule has 0 unspecified atom stereocenters. The fraction of sp³-hybridized carbons (Fsp3) is 0.143. The fourth-order valence-corrected chi connectivity index (χ4v) is 3.19. The molecule has 4 aromatic rings. The number of nitrogens with one attached hydrogen (secondary N) is 1. The molecule has 0 amide bonds. The summed E-state index contributed by atoms with van der Waals surface area (Å²) in [5.41, 5.74) is 7.79. The lowest BCUT2D eigenvalue weighted by atomic mass is 10.1. The Balaban J connectivity index is 1.70. The summed E-state index contributed by atoms with van der Waals surface area (Å²) in [5.74, 6) is 0. The molecule has 9 heteroatoms. The minimum atomic E-state index is -4.38. The van der Waals surface area contributed by atoms with Crippen LogP contribution >= 0.6 is 0 Å². The molecule has 6 nitrogen and oxygen atoms in total. The van der Waals surface area contributed by atoms with Crippen molar-refractivity contribution in [1.82, 2.24) is 14.2 Å². The summed E-state index contributed by atoms with van der Waals surface area (Å²) >= 11 is 0. The quantitative estimate of drug-likeness (QED) is 0.521. The Morgan fingerprint density at radius 1 is 1.00 bits per heavy atom. The highest BCUT2D eigenvalue weighted by Crippen LogP contribution is 2.33. The number of anilines is 2. The van der Waals surface area contributed by atoms with Crippen LogP contribution in [0, 0.1) is 0 Å². The van der Waals surface area contributed by atoms with E-state index >= 15 is 0 Å². The molecule has 0 aliphatic rings. The Morgan fingerprint density at radius 3 is 2.43 bits per heavy atom. The summed E-state index contributed by atoms with van der Waals surface area (Å²) in [4.78, 5) is 12.5. The second-order valence-electron chi connectivity index (χ2n) is 6.69. The molecule has 4 rings (SSSR count). The highest BCUT2D eigenvalue weighted by atomic mass is 19.4. The van der Waals surface area contributed by atoms with Crippen LogP contribution in [0.5, 0.6) is 0 Å². The van der Waals surface area contributed by atoms with Gasteiger partial charge in [-0.1, -0.05) is 18.2 Å². The summed E-state index contributed by atoms with van der Waals surface area (Å²) in [6.45, 7) is 0.623. The van der Waals surface area contributed by atoms with Gasteiger partial charge in [0.2, 0.25) is 0 Å². The molecule has 0 bridgehead atoms. The molecular weight excluding hydrogens is 395 g/mol. The maximum Gasteiger partial charge on any atom is 0.416 e. The van der Waals surface area contributed by atoms with Crippen LogP contribution in [0.4, 0.5) is 24.5 Å². The number of para-hydroxylation sites is 1. The number of halogens is 3. The third-order valence-electron chi connectivity index (χ3n) is 4.65. The first kappa shape index (κ1) is 19.7. The molecule has 30 heavy (non-hydrogen) atoms. The molecule has 0 spiro atoms. The van der Waals surface area contributed by atoms with Gasteiger partial charge in [0.15, 0.2) is 5.65 Å². The van der Waals surface area contributed by atoms with E-state index in [-0.39, 0.29) is 5.69 Å². The van der Waals surface area contributed by atoms with Crippen LogP contribution in [-0.2, 0) is 12.7 Å². The van der Waals surface area contributed by atoms with Crippen LogP contribution in [0.25, 0.3) is 16.8 Å². The van der Waals surface area contributed by atoms with Gasteiger partial charge in [-0.2, -0.15) is 13.2 Å². The van der Waals surface area contributed by atoms with Crippen molar-refractivity contribution >= 4 is 17.0 Å². The third-order valence-corrected chi connectivity index (χ3v) is 4.65. The largest absolute Gasteiger partial charge is 0.416 e. The van der Waals surface area contributed by atoms with Crippen molar-refractivity contribution in [3.63, 3.8) is 0 Å². The molecular formula is C21H18F3N5O. The van der Waals surface area contributed by atoms with Crippen molar-refractivity contribution in [3.05, 3.63) is 82.9 Å². The third kappa shape index (κ3) is 3.79. The molecule has 0 aliphatic carbocycles. The van der Waals surface area contributed by atoms with Crippen LogP contribution in [0.3, 0.4) is 0 Å².